The first-order chi connectivity index (χ1) is 9.17. The smallest absolute Gasteiger partial charge is 0.246 e. The van der Waals surface area contributed by atoms with Gasteiger partial charge in [-0.2, -0.15) is 0 Å². The highest BCUT2D eigenvalue weighted by molar-refractivity contribution is 5.97. The zero-order chi connectivity index (χ0) is 14.1. The summed E-state index contributed by atoms with van der Waals surface area (Å²) in [5.74, 6) is -0.123. The van der Waals surface area contributed by atoms with Gasteiger partial charge in [-0.25, -0.2) is 0 Å². The van der Waals surface area contributed by atoms with Crippen molar-refractivity contribution in [2.45, 2.75) is 19.9 Å². The highest BCUT2D eigenvalue weighted by atomic mass is 16.5. The van der Waals surface area contributed by atoms with Gasteiger partial charge in [0.15, 0.2) is 5.84 Å². The third kappa shape index (κ3) is 5.39. The Morgan fingerprint density at radius 3 is 3.00 bits per heavy atom. The quantitative estimate of drug-likeness (QED) is 0.223. The van der Waals surface area contributed by atoms with Crippen LogP contribution in [0.5, 0.6) is 0 Å². The second-order valence-electron chi connectivity index (χ2n) is 4.01. The minimum atomic E-state index is -0.164. The van der Waals surface area contributed by atoms with Crippen molar-refractivity contribution in [1.29, 1.82) is 0 Å². The van der Waals surface area contributed by atoms with Crippen LogP contribution < -0.4 is 11.1 Å². The monoisotopic (exact) mass is 265 g/mol. The molecule has 0 aromatic heterocycles. The van der Waals surface area contributed by atoms with Crippen LogP contribution in [0.2, 0.25) is 0 Å². The van der Waals surface area contributed by atoms with Crippen molar-refractivity contribution in [1.82, 2.24) is 5.32 Å². The van der Waals surface area contributed by atoms with E-state index < -0.39 is 0 Å². The van der Waals surface area contributed by atoms with E-state index in [9.17, 15) is 4.79 Å². The van der Waals surface area contributed by atoms with Gasteiger partial charge in [0.05, 0.1) is 0 Å². The van der Waals surface area contributed by atoms with Crippen molar-refractivity contribution in [3.8, 4) is 0 Å². The maximum atomic E-state index is 11.4. The average molecular weight is 265 g/mol. The Balaban J connectivity index is 2.47. The molecule has 0 aliphatic heterocycles. The molecule has 0 aliphatic carbocycles. The van der Waals surface area contributed by atoms with Gasteiger partial charge in [-0.05, 0) is 18.1 Å². The zero-order valence-electron chi connectivity index (χ0n) is 10.9. The fourth-order valence-electron chi connectivity index (χ4n) is 1.46. The van der Waals surface area contributed by atoms with Crippen LogP contribution in [0.25, 0.3) is 0 Å². The fourth-order valence-corrected chi connectivity index (χ4v) is 1.46. The first kappa shape index (κ1) is 15.0. The lowest BCUT2D eigenvalue weighted by atomic mass is 10.1. The predicted molar refractivity (Wildman–Crippen MR) is 71.9 cm³/mol. The zero-order valence-corrected chi connectivity index (χ0v) is 10.9. The molecule has 0 heterocycles. The summed E-state index contributed by atoms with van der Waals surface area (Å²) in [5, 5.41) is 14.3. The Hall–Kier alpha value is -2.08. The summed E-state index contributed by atoms with van der Waals surface area (Å²) in [6.07, 6.45) is 0.884. The molecule has 19 heavy (non-hydrogen) atoms. The van der Waals surface area contributed by atoms with Crippen molar-refractivity contribution in [2.75, 3.05) is 13.2 Å². The van der Waals surface area contributed by atoms with Crippen molar-refractivity contribution < 1.29 is 14.7 Å². The van der Waals surface area contributed by atoms with Crippen LogP contribution in [0, 0.1) is 0 Å². The lowest BCUT2D eigenvalue weighted by Crippen LogP contribution is -2.27. The van der Waals surface area contributed by atoms with E-state index in [-0.39, 0.29) is 18.3 Å². The van der Waals surface area contributed by atoms with Gasteiger partial charge >= 0.3 is 0 Å². The van der Waals surface area contributed by atoms with E-state index in [2.05, 4.69) is 10.5 Å². The molecule has 104 valence electrons. The summed E-state index contributed by atoms with van der Waals surface area (Å²) in [6.45, 7) is 3.00. The van der Waals surface area contributed by atoms with Gasteiger partial charge < -0.3 is 21.0 Å². The van der Waals surface area contributed by atoms with Crippen molar-refractivity contribution in [3.05, 3.63) is 35.4 Å². The number of benzene rings is 1. The number of hydrogen-bond acceptors (Lipinski definition) is 4. The number of ether oxygens (including phenoxy) is 1. The number of hydrogen-bond donors (Lipinski definition) is 3. The van der Waals surface area contributed by atoms with Gasteiger partial charge in [0.2, 0.25) is 5.91 Å². The number of rotatable bonds is 7. The van der Waals surface area contributed by atoms with Gasteiger partial charge in [0.1, 0.15) is 6.61 Å². The Morgan fingerprint density at radius 1 is 1.53 bits per heavy atom. The Bertz CT molecular complexity index is 447. The lowest BCUT2D eigenvalue weighted by molar-refractivity contribution is -0.125. The third-order valence-electron chi connectivity index (χ3n) is 2.40. The maximum Gasteiger partial charge on any atom is 0.246 e. The number of carbonyl (C=O) groups is 1. The fraction of sp³-hybridized carbons (Fsp3) is 0.385. The topological polar surface area (TPSA) is 96.9 Å². The molecule has 4 N–H and O–H groups in total. The van der Waals surface area contributed by atoms with Gasteiger partial charge in [-0.3, -0.25) is 4.79 Å². The second-order valence-corrected chi connectivity index (χ2v) is 4.01. The van der Waals surface area contributed by atoms with E-state index >= 15 is 0 Å². The Labute approximate surface area is 112 Å². The largest absolute Gasteiger partial charge is 0.409 e. The summed E-state index contributed by atoms with van der Waals surface area (Å²) < 4.78 is 5.13. The molecule has 1 aromatic carbocycles. The van der Waals surface area contributed by atoms with Crippen LogP contribution >= 0.6 is 0 Å². The second kappa shape index (κ2) is 8.10. The van der Waals surface area contributed by atoms with E-state index in [4.69, 9.17) is 15.7 Å². The molecule has 6 heteroatoms. The molecule has 0 bridgehead atoms. The maximum absolute atomic E-state index is 11.4. The van der Waals surface area contributed by atoms with Crippen LogP contribution in [0.3, 0.4) is 0 Å². The number of amidine groups is 1. The summed E-state index contributed by atoms with van der Waals surface area (Å²) in [7, 11) is 0. The summed E-state index contributed by atoms with van der Waals surface area (Å²) >= 11 is 0. The van der Waals surface area contributed by atoms with E-state index in [0.717, 1.165) is 12.0 Å². The molecule has 0 atom stereocenters. The molecule has 1 aromatic rings. The van der Waals surface area contributed by atoms with Crippen LogP contribution in [0.15, 0.2) is 29.4 Å². The molecular weight excluding hydrogens is 246 g/mol. The third-order valence-corrected chi connectivity index (χ3v) is 2.40. The standard InChI is InChI=1S/C13H19N3O3/c1-2-6-19-9-12(17)15-8-10-4-3-5-11(7-10)13(14)16-18/h3-5,7,18H,2,6,8-9H2,1H3,(H2,14,16)(H,15,17). The van der Waals surface area contributed by atoms with Gasteiger partial charge in [0, 0.05) is 18.7 Å². The molecule has 0 saturated carbocycles. The molecule has 0 aliphatic rings. The predicted octanol–water partition coefficient (Wildman–Crippen LogP) is 0.824. The first-order valence-electron chi connectivity index (χ1n) is 6.08. The van der Waals surface area contributed by atoms with Crippen molar-refractivity contribution in [2.24, 2.45) is 10.9 Å². The van der Waals surface area contributed by atoms with E-state index in [0.29, 0.717) is 18.7 Å². The first-order valence-corrected chi connectivity index (χ1v) is 6.08. The molecule has 0 unspecified atom stereocenters. The molecular formula is C13H19N3O3. The molecule has 0 fully saturated rings. The number of nitrogens with zero attached hydrogens (tertiary/aromatic N) is 1. The highest BCUT2D eigenvalue weighted by Gasteiger charge is 2.03. The minimum absolute atomic E-state index is 0.0412. The molecule has 0 spiro atoms. The van der Waals surface area contributed by atoms with Crippen LogP contribution in [-0.4, -0.2) is 30.2 Å². The average Bonchev–Trinajstić information content (AvgIpc) is 2.45. The lowest BCUT2D eigenvalue weighted by Gasteiger charge is -2.07. The summed E-state index contributed by atoms with van der Waals surface area (Å²) in [4.78, 5) is 11.4. The van der Waals surface area contributed by atoms with Crippen molar-refractivity contribution >= 4 is 11.7 Å². The molecule has 6 nitrogen and oxygen atoms in total. The number of oxime groups is 1. The van der Waals surface area contributed by atoms with Gasteiger partial charge in [-0.1, -0.05) is 30.3 Å². The van der Waals surface area contributed by atoms with Crippen LogP contribution in [0.4, 0.5) is 0 Å². The highest BCUT2D eigenvalue weighted by Crippen LogP contribution is 2.04. The molecule has 0 saturated heterocycles. The number of amides is 1. The van der Waals surface area contributed by atoms with Crippen LogP contribution in [-0.2, 0) is 16.1 Å². The SMILES string of the molecule is CCCOCC(=O)NCc1cccc(/C(N)=N/O)c1. The number of nitrogens with one attached hydrogen (secondary N) is 1. The van der Waals surface area contributed by atoms with E-state index in [1.165, 1.54) is 0 Å². The normalized spacial score (nSPS) is 11.3. The van der Waals surface area contributed by atoms with Gasteiger partial charge in [-0.15, -0.1) is 0 Å². The van der Waals surface area contributed by atoms with Crippen molar-refractivity contribution in [3.63, 3.8) is 0 Å². The minimum Gasteiger partial charge on any atom is -0.409 e. The van der Waals surface area contributed by atoms with E-state index in [1.54, 1.807) is 18.2 Å². The molecule has 1 rings (SSSR count). The molecule has 0 radical (unpaired) electrons. The number of carbonyl (C=O) groups excluding carboxylic acids is 1. The number of nitrogens with two attached hydrogens (primary N) is 1. The summed E-state index contributed by atoms with van der Waals surface area (Å²) in [5.41, 5.74) is 6.97. The van der Waals surface area contributed by atoms with Crippen LogP contribution in [0.1, 0.15) is 24.5 Å². The van der Waals surface area contributed by atoms with E-state index in [1.807, 2.05) is 13.0 Å². The summed E-state index contributed by atoms with van der Waals surface area (Å²) in [6, 6.07) is 7.11. The Kier molecular flexibility index (Phi) is 6.38. The van der Waals surface area contributed by atoms with Gasteiger partial charge in [0.25, 0.3) is 0 Å². The molecule has 1 amide bonds. The Morgan fingerprint density at radius 2 is 2.32 bits per heavy atom.